The second kappa shape index (κ2) is 6.03. The van der Waals surface area contributed by atoms with Crippen LogP contribution in [0.5, 0.6) is 0 Å². The van der Waals surface area contributed by atoms with Crippen LogP contribution in [0.25, 0.3) is 0 Å². The van der Waals surface area contributed by atoms with Gasteiger partial charge in [0.25, 0.3) is 5.91 Å². The second-order valence-electron chi connectivity index (χ2n) is 3.74. The molecule has 0 aliphatic rings. The van der Waals surface area contributed by atoms with Gasteiger partial charge in [-0.25, -0.2) is 4.39 Å². The molecule has 0 unspecified atom stereocenters. The Labute approximate surface area is 131 Å². The first-order valence-electron chi connectivity index (χ1n) is 5.18. The molecule has 0 spiro atoms. The lowest BCUT2D eigenvalue weighted by Crippen LogP contribution is -2.12. The lowest BCUT2D eigenvalue weighted by molar-refractivity contribution is 0.102. The summed E-state index contributed by atoms with van der Waals surface area (Å²) in [5.41, 5.74) is 0.671. The molecule has 0 aliphatic carbocycles. The van der Waals surface area contributed by atoms with E-state index in [1.807, 2.05) is 0 Å². The summed E-state index contributed by atoms with van der Waals surface area (Å²) in [6.45, 7) is 0. The zero-order valence-electron chi connectivity index (χ0n) is 9.38. The van der Waals surface area contributed by atoms with Crippen LogP contribution in [0.1, 0.15) is 10.4 Å². The summed E-state index contributed by atoms with van der Waals surface area (Å²) in [5, 5.41) is 3.04. The van der Waals surface area contributed by atoms with Crippen molar-refractivity contribution in [2.24, 2.45) is 0 Å². The van der Waals surface area contributed by atoms with Gasteiger partial charge < -0.3 is 5.32 Å². The summed E-state index contributed by atoms with van der Waals surface area (Å²) in [4.78, 5) is 12.0. The molecule has 2 aromatic carbocycles. The maximum atomic E-state index is 13.2. The van der Waals surface area contributed by atoms with E-state index in [4.69, 9.17) is 11.6 Å². The number of rotatable bonds is 2. The number of benzene rings is 2. The van der Waals surface area contributed by atoms with Crippen LogP contribution in [0.4, 0.5) is 10.1 Å². The third-order valence-corrected chi connectivity index (χ3v) is 3.58. The van der Waals surface area contributed by atoms with Crippen molar-refractivity contribution < 1.29 is 9.18 Å². The van der Waals surface area contributed by atoms with E-state index in [2.05, 4.69) is 37.2 Å². The Balaban J connectivity index is 2.28. The maximum Gasteiger partial charge on any atom is 0.255 e. The van der Waals surface area contributed by atoms with Crippen LogP contribution < -0.4 is 5.32 Å². The van der Waals surface area contributed by atoms with Crippen molar-refractivity contribution in [1.29, 1.82) is 0 Å². The monoisotopic (exact) mass is 405 g/mol. The van der Waals surface area contributed by atoms with E-state index in [1.165, 1.54) is 12.1 Å². The number of hydrogen-bond acceptors (Lipinski definition) is 1. The fraction of sp³-hybridized carbons (Fsp3) is 0. The molecule has 19 heavy (non-hydrogen) atoms. The largest absolute Gasteiger partial charge is 0.321 e. The van der Waals surface area contributed by atoms with Gasteiger partial charge in [0.2, 0.25) is 0 Å². The summed E-state index contributed by atoms with van der Waals surface area (Å²) < 4.78 is 14.5. The molecule has 0 bridgehead atoms. The van der Waals surface area contributed by atoms with E-state index in [9.17, 15) is 9.18 Å². The molecule has 1 amide bonds. The molecule has 98 valence electrons. The average Bonchev–Trinajstić information content (AvgIpc) is 2.32. The fourth-order valence-electron chi connectivity index (χ4n) is 1.47. The van der Waals surface area contributed by atoms with Gasteiger partial charge in [-0.05, 0) is 36.4 Å². The lowest BCUT2D eigenvalue weighted by Gasteiger charge is -2.08. The maximum absolute atomic E-state index is 13.2. The van der Waals surface area contributed by atoms with Crippen LogP contribution in [0, 0.1) is 5.82 Å². The Morgan fingerprint density at radius 3 is 2.53 bits per heavy atom. The highest BCUT2D eigenvalue weighted by Crippen LogP contribution is 2.26. The Kier molecular flexibility index (Phi) is 4.60. The molecule has 0 radical (unpaired) electrons. The minimum absolute atomic E-state index is 0.211. The first kappa shape index (κ1) is 14.5. The highest BCUT2D eigenvalue weighted by molar-refractivity contribution is 9.10. The van der Waals surface area contributed by atoms with Crippen LogP contribution in [0.2, 0.25) is 5.02 Å². The summed E-state index contributed by atoms with van der Waals surface area (Å²) in [6.07, 6.45) is 0. The van der Waals surface area contributed by atoms with E-state index < -0.39 is 11.7 Å². The smallest absolute Gasteiger partial charge is 0.255 e. The molecule has 0 aliphatic heterocycles. The number of carbonyl (C=O) groups is 1. The van der Waals surface area contributed by atoms with Crippen LogP contribution in [0.15, 0.2) is 45.3 Å². The van der Waals surface area contributed by atoms with Crippen molar-refractivity contribution in [2.75, 3.05) is 5.32 Å². The fourth-order valence-corrected chi connectivity index (χ4v) is 2.46. The minimum Gasteiger partial charge on any atom is -0.321 e. The quantitative estimate of drug-likeness (QED) is 0.723. The third-order valence-electron chi connectivity index (χ3n) is 2.30. The number of halogens is 4. The number of nitrogens with one attached hydrogen (secondary N) is 1. The lowest BCUT2D eigenvalue weighted by atomic mass is 10.2. The summed E-state index contributed by atoms with van der Waals surface area (Å²) in [6, 6.07) is 9.06. The van der Waals surface area contributed by atoms with Crippen molar-refractivity contribution in [3.63, 3.8) is 0 Å². The topological polar surface area (TPSA) is 29.1 Å². The molecule has 0 atom stereocenters. The first-order chi connectivity index (χ1) is 8.95. The third kappa shape index (κ3) is 3.78. The molecule has 0 aromatic heterocycles. The van der Waals surface area contributed by atoms with Gasteiger partial charge in [0.15, 0.2) is 0 Å². The van der Waals surface area contributed by atoms with Gasteiger partial charge in [-0.15, -0.1) is 0 Å². The second-order valence-corrected chi connectivity index (χ2v) is 5.97. The summed E-state index contributed by atoms with van der Waals surface area (Å²) in [5.74, 6) is -0.917. The highest BCUT2D eigenvalue weighted by Gasteiger charge is 2.11. The molecular weight excluding hydrogens is 400 g/mol. The molecule has 0 saturated heterocycles. The number of anilines is 1. The van der Waals surface area contributed by atoms with Gasteiger partial charge in [0.05, 0.1) is 10.7 Å². The van der Waals surface area contributed by atoms with Crippen molar-refractivity contribution in [3.05, 3.63) is 61.7 Å². The van der Waals surface area contributed by atoms with Gasteiger partial charge in [0.1, 0.15) is 5.82 Å². The first-order valence-corrected chi connectivity index (χ1v) is 7.14. The molecule has 0 saturated carbocycles. The number of hydrogen-bond donors (Lipinski definition) is 1. The Morgan fingerprint density at radius 1 is 1.11 bits per heavy atom. The zero-order valence-corrected chi connectivity index (χ0v) is 13.3. The van der Waals surface area contributed by atoms with Gasteiger partial charge in [-0.1, -0.05) is 43.5 Å². The standard InChI is InChI=1S/C13H7Br2ClFNO/c14-8-1-2-11(16)12(6-8)18-13(19)7-3-9(15)5-10(17)4-7/h1-6H,(H,18,19). The minimum atomic E-state index is -0.486. The van der Waals surface area contributed by atoms with E-state index >= 15 is 0 Å². The van der Waals surface area contributed by atoms with Gasteiger partial charge in [0, 0.05) is 14.5 Å². The number of amides is 1. The summed E-state index contributed by atoms with van der Waals surface area (Å²) >= 11 is 12.4. The molecule has 2 rings (SSSR count). The predicted octanol–water partition coefficient (Wildman–Crippen LogP) is 5.26. The molecule has 0 fully saturated rings. The highest BCUT2D eigenvalue weighted by atomic mass is 79.9. The van der Waals surface area contributed by atoms with Crippen molar-refractivity contribution in [3.8, 4) is 0 Å². The molecule has 6 heteroatoms. The Bertz CT molecular complexity index is 628. The van der Waals surface area contributed by atoms with Crippen molar-refractivity contribution in [2.45, 2.75) is 0 Å². The van der Waals surface area contributed by atoms with Crippen LogP contribution in [-0.2, 0) is 0 Å². The molecule has 2 nitrogen and oxygen atoms in total. The zero-order chi connectivity index (χ0) is 14.0. The normalized spacial score (nSPS) is 10.3. The Morgan fingerprint density at radius 2 is 1.84 bits per heavy atom. The SMILES string of the molecule is O=C(Nc1cc(Br)ccc1Cl)c1cc(F)cc(Br)c1. The van der Waals surface area contributed by atoms with Crippen molar-refractivity contribution in [1.82, 2.24) is 0 Å². The van der Waals surface area contributed by atoms with E-state index in [0.29, 0.717) is 15.2 Å². The van der Waals surface area contributed by atoms with Gasteiger partial charge >= 0.3 is 0 Å². The molecule has 1 N–H and O–H groups in total. The van der Waals surface area contributed by atoms with Crippen LogP contribution in [-0.4, -0.2) is 5.91 Å². The van der Waals surface area contributed by atoms with Crippen molar-refractivity contribution >= 4 is 55.1 Å². The van der Waals surface area contributed by atoms with Gasteiger partial charge in [-0.2, -0.15) is 0 Å². The summed E-state index contributed by atoms with van der Waals surface area (Å²) in [7, 11) is 0. The average molecular weight is 407 g/mol. The van der Waals surface area contributed by atoms with Crippen LogP contribution in [0.3, 0.4) is 0 Å². The van der Waals surface area contributed by atoms with E-state index in [0.717, 1.165) is 10.5 Å². The molecule has 0 heterocycles. The Hall–Kier alpha value is -0.910. The molecular formula is C13H7Br2ClFNO. The van der Waals surface area contributed by atoms with Gasteiger partial charge in [-0.3, -0.25) is 4.79 Å². The molecule has 2 aromatic rings. The van der Waals surface area contributed by atoms with E-state index in [1.54, 1.807) is 18.2 Å². The number of carbonyl (C=O) groups excluding carboxylic acids is 1. The predicted molar refractivity (Wildman–Crippen MR) is 81.2 cm³/mol. The van der Waals surface area contributed by atoms with Crippen LogP contribution >= 0.6 is 43.5 Å². The van der Waals surface area contributed by atoms with E-state index in [-0.39, 0.29) is 5.56 Å².